The van der Waals surface area contributed by atoms with Crippen LogP contribution in [0.2, 0.25) is 0 Å². The Kier molecular flexibility index (Phi) is 5.18. The molecule has 3 aromatic carbocycles. The fourth-order valence-electron chi connectivity index (χ4n) is 3.51. The molecule has 0 aliphatic rings. The minimum Gasteiger partial charge on any atom is -0.316 e. The Balaban J connectivity index is 1.70. The molecule has 0 radical (unpaired) electrons. The summed E-state index contributed by atoms with van der Waals surface area (Å²) in [5.41, 5.74) is 3.47. The van der Waals surface area contributed by atoms with E-state index in [9.17, 15) is 12.8 Å². The molecule has 0 unspecified atom stereocenters. The van der Waals surface area contributed by atoms with Gasteiger partial charge in [-0.15, -0.1) is 6.58 Å². The van der Waals surface area contributed by atoms with Gasteiger partial charge in [-0.05, 0) is 66.6 Å². The highest BCUT2D eigenvalue weighted by Gasteiger charge is 2.21. The number of aromatic nitrogens is 1. The number of hydrogen-bond donors (Lipinski definition) is 0. The van der Waals surface area contributed by atoms with Gasteiger partial charge in [0.1, 0.15) is 5.82 Å². The normalized spacial score (nSPS) is 11.5. The molecule has 0 saturated carbocycles. The molecule has 1 aromatic heterocycles. The second-order valence-corrected chi connectivity index (χ2v) is 8.95. The van der Waals surface area contributed by atoms with E-state index in [0.717, 1.165) is 32.9 Å². The summed E-state index contributed by atoms with van der Waals surface area (Å²) >= 11 is 0. The lowest BCUT2D eigenvalue weighted by Gasteiger charge is -2.19. The molecule has 6 heteroatoms. The van der Waals surface area contributed by atoms with Gasteiger partial charge in [-0.1, -0.05) is 24.3 Å². The highest BCUT2D eigenvalue weighted by atomic mass is 32.2. The van der Waals surface area contributed by atoms with E-state index in [4.69, 9.17) is 0 Å². The SMILES string of the molecule is C=CCc1cn(-c2ccc(S(=O)(=O)N(C)c3ccc(F)cc3)cc2)c2ccccc12. The van der Waals surface area contributed by atoms with Gasteiger partial charge in [0.05, 0.1) is 16.1 Å². The highest BCUT2D eigenvalue weighted by Crippen LogP contribution is 2.27. The maximum Gasteiger partial charge on any atom is 0.264 e. The average molecular weight is 421 g/mol. The number of halogens is 1. The van der Waals surface area contributed by atoms with Crippen molar-refractivity contribution < 1.29 is 12.8 Å². The largest absolute Gasteiger partial charge is 0.316 e. The number of fused-ring (bicyclic) bond motifs is 1. The quantitative estimate of drug-likeness (QED) is 0.396. The van der Waals surface area contributed by atoms with E-state index >= 15 is 0 Å². The number of allylic oxidation sites excluding steroid dienone is 1. The average Bonchev–Trinajstić information content (AvgIpc) is 3.13. The summed E-state index contributed by atoms with van der Waals surface area (Å²) in [6.07, 6.45) is 4.68. The first-order valence-corrected chi connectivity index (χ1v) is 10.9. The Labute approximate surface area is 175 Å². The zero-order chi connectivity index (χ0) is 21.3. The smallest absolute Gasteiger partial charge is 0.264 e. The molecular formula is C24H21FN2O2S. The molecular weight excluding hydrogens is 399 g/mol. The number of para-hydroxylation sites is 1. The number of hydrogen-bond acceptors (Lipinski definition) is 2. The van der Waals surface area contributed by atoms with Crippen LogP contribution in [0, 0.1) is 5.82 Å². The minimum absolute atomic E-state index is 0.167. The summed E-state index contributed by atoms with van der Waals surface area (Å²) in [4.78, 5) is 0.167. The molecule has 0 N–H and O–H groups in total. The molecule has 1 heterocycles. The Hall–Kier alpha value is -3.38. The Morgan fingerprint density at radius 1 is 1.00 bits per heavy atom. The van der Waals surface area contributed by atoms with Crippen LogP contribution in [0.3, 0.4) is 0 Å². The van der Waals surface area contributed by atoms with E-state index in [1.165, 1.54) is 31.3 Å². The molecule has 0 aliphatic heterocycles. The topological polar surface area (TPSA) is 42.3 Å². The number of nitrogens with zero attached hydrogens (tertiary/aromatic N) is 2. The van der Waals surface area contributed by atoms with E-state index in [1.54, 1.807) is 24.3 Å². The maximum absolute atomic E-state index is 13.2. The molecule has 152 valence electrons. The van der Waals surface area contributed by atoms with E-state index in [1.807, 2.05) is 28.8 Å². The second kappa shape index (κ2) is 7.80. The van der Waals surface area contributed by atoms with Gasteiger partial charge in [0.2, 0.25) is 0 Å². The van der Waals surface area contributed by atoms with Crippen molar-refractivity contribution in [3.8, 4) is 5.69 Å². The first-order chi connectivity index (χ1) is 14.4. The van der Waals surface area contributed by atoms with Crippen molar-refractivity contribution in [2.75, 3.05) is 11.4 Å². The molecule has 4 rings (SSSR count). The third-order valence-electron chi connectivity index (χ3n) is 5.12. The van der Waals surface area contributed by atoms with Gasteiger partial charge in [-0.3, -0.25) is 4.31 Å². The van der Waals surface area contributed by atoms with Crippen LogP contribution in [0.15, 0.2) is 96.5 Å². The lowest BCUT2D eigenvalue weighted by atomic mass is 10.1. The van der Waals surface area contributed by atoms with Crippen molar-refractivity contribution in [3.63, 3.8) is 0 Å². The monoisotopic (exact) mass is 420 g/mol. The van der Waals surface area contributed by atoms with E-state index in [-0.39, 0.29) is 4.90 Å². The Bertz CT molecular complexity index is 1310. The third kappa shape index (κ3) is 3.50. The van der Waals surface area contributed by atoms with Gasteiger partial charge in [0.15, 0.2) is 0 Å². The van der Waals surface area contributed by atoms with Crippen LogP contribution in [0.4, 0.5) is 10.1 Å². The Morgan fingerprint density at radius 2 is 1.67 bits per heavy atom. The minimum atomic E-state index is -3.76. The molecule has 0 amide bonds. The van der Waals surface area contributed by atoms with Crippen LogP contribution < -0.4 is 4.31 Å². The molecule has 0 saturated heterocycles. The van der Waals surface area contributed by atoms with Crippen molar-refractivity contribution in [2.45, 2.75) is 11.3 Å². The highest BCUT2D eigenvalue weighted by molar-refractivity contribution is 7.92. The van der Waals surface area contributed by atoms with Crippen molar-refractivity contribution in [3.05, 3.63) is 103 Å². The zero-order valence-electron chi connectivity index (χ0n) is 16.5. The lowest BCUT2D eigenvalue weighted by Crippen LogP contribution is -2.26. The molecule has 0 aliphatic carbocycles. The number of benzene rings is 3. The summed E-state index contributed by atoms with van der Waals surface area (Å²) in [5, 5.41) is 1.14. The molecule has 4 nitrogen and oxygen atoms in total. The summed E-state index contributed by atoms with van der Waals surface area (Å²) in [6.45, 7) is 3.83. The van der Waals surface area contributed by atoms with Crippen molar-refractivity contribution in [1.29, 1.82) is 0 Å². The second-order valence-electron chi connectivity index (χ2n) is 6.98. The number of rotatable bonds is 6. The fourth-order valence-corrected chi connectivity index (χ4v) is 4.70. The van der Waals surface area contributed by atoms with Gasteiger partial charge in [0, 0.05) is 24.3 Å². The molecule has 30 heavy (non-hydrogen) atoms. The predicted molar refractivity (Wildman–Crippen MR) is 119 cm³/mol. The van der Waals surface area contributed by atoms with Crippen LogP contribution >= 0.6 is 0 Å². The van der Waals surface area contributed by atoms with Crippen molar-refractivity contribution in [2.24, 2.45) is 0 Å². The Morgan fingerprint density at radius 3 is 2.33 bits per heavy atom. The first-order valence-electron chi connectivity index (χ1n) is 9.46. The van der Waals surface area contributed by atoms with Gasteiger partial charge >= 0.3 is 0 Å². The molecule has 0 atom stereocenters. The van der Waals surface area contributed by atoms with Gasteiger partial charge in [-0.25, -0.2) is 12.8 Å². The van der Waals surface area contributed by atoms with E-state index < -0.39 is 15.8 Å². The zero-order valence-corrected chi connectivity index (χ0v) is 17.3. The lowest BCUT2D eigenvalue weighted by molar-refractivity contribution is 0.594. The van der Waals surface area contributed by atoms with Crippen LogP contribution in [0.25, 0.3) is 16.6 Å². The van der Waals surface area contributed by atoms with Crippen molar-refractivity contribution >= 4 is 26.6 Å². The fraction of sp³-hybridized carbons (Fsp3) is 0.0833. The summed E-state index contributed by atoms with van der Waals surface area (Å²) in [7, 11) is -2.31. The number of anilines is 1. The first kappa shape index (κ1) is 19.9. The number of sulfonamides is 1. The van der Waals surface area contributed by atoms with Crippen molar-refractivity contribution in [1.82, 2.24) is 4.57 Å². The predicted octanol–water partition coefficient (Wildman–Crippen LogP) is 5.32. The van der Waals surface area contributed by atoms with Crippen LogP contribution in [0.1, 0.15) is 5.56 Å². The van der Waals surface area contributed by atoms with Crippen LogP contribution in [-0.2, 0) is 16.4 Å². The summed E-state index contributed by atoms with van der Waals surface area (Å²) in [5.74, 6) is -0.413. The van der Waals surface area contributed by atoms with Crippen LogP contribution in [0.5, 0.6) is 0 Å². The molecule has 0 spiro atoms. The van der Waals surface area contributed by atoms with Gasteiger partial charge < -0.3 is 4.57 Å². The van der Waals surface area contributed by atoms with Gasteiger partial charge in [0.25, 0.3) is 10.0 Å². The summed E-state index contributed by atoms with van der Waals surface area (Å²) in [6, 6.07) is 20.2. The molecule has 0 bridgehead atoms. The third-order valence-corrected chi connectivity index (χ3v) is 6.92. The van der Waals surface area contributed by atoms with Gasteiger partial charge in [-0.2, -0.15) is 0 Å². The molecule has 4 aromatic rings. The summed E-state index contributed by atoms with van der Waals surface area (Å²) < 4.78 is 42.3. The van der Waals surface area contributed by atoms with Crippen LogP contribution in [-0.4, -0.2) is 20.0 Å². The maximum atomic E-state index is 13.2. The van der Waals surface area contributed by atoms with E-state index in [2.05, 4.69) is 18.8 Å². The standard InChI is InChI=1S/C24H21FN2O2S/c1-3-6-18-17-27(24-8-5-4-7-23(18)24)21-13-15-22(16-14-21)30(28,29)26(2)20-11-9-19(25)10-12-20/h3-5,7-17H,1,6H2,2H3. The van der Waals surface area contributed by atoms with E-state index in [0.29, 0.717) is 5.69 Å². The molecule has 0 fully saturated rings.